The standard InChI is InChI=1S/C19H21FN6O3/c1-24(2)14-9-13(16-17(23-14)25(3)19(29)26(4)18(16)28)21-10-15(27)22-12-8-6-5-7-11(12)20/h5-9H,10H2,1-4H3,(H,21,23)(H,22,27). The van der Waals surface area contributed by atoms with Crippen LogP contribution in [-0.2, 0) is 18.9 Å². The molecule has 2 N–H and O–H groups in total. The van der Waals surface area contributed by atoms with Gasteiger partial charge in [0.2, 0.25) is 5.91 Å². The maximum Gasteiger partial charge on any atom is 0.332 e. The average Bonchev–Trinajstić information content (AvgIpc) is 2.70. The van der Waals surface area contributed by atoms with Gasteiger partial charge in [0.1, 0.15) is 17.0 Å². The molecule has 2 aromatic heterocycles. The number of carbonyl (C=O) groups is 1. The first kappa shape index (κ1) is 20.1. The van der Waals surface area contributed by atoms with Crippen molar-refractivity contribution in [2.45, 2.75) is 0 Å². The second kappa shape index (κ2) is 7.74. The fraction of sp³-hybridized carbons (Fsp3) is 0.263. The lowest BCUT2D eigenvalue weighted by Crippen LogP contribution is -2.38. The molecule has 1 aromatic carbocycles. The van der Waals surface area contributed by atoms with Crippen molar-refractivity contribution >= 4 is 34.1 Å². The quantitative estimate of drug-likeness (QED) is 0.660. The van der Waals surface area contributed by atoms with E-state index >= 15 is 0 Å². The minimum absolute atomic E-state index is 0.0613. The van der Waals surface area contributed by atoms with E-state index in [1.165, 1.54) is 36.9 Å². The molecule has 0 spiro atoms. The lowest BCUT2D eigenvalue weighted by Gasteiger charge is -2.17. The Morgan fingerprint density at radius 1 is 1.14 bits per heavy atom. The zero-order valence-corrected chi connectivity index (χ0v) is 16.5. The van der Waals surface area contributed by atoms with E-state index in [-0.39, 0.29) is 23.3 Å². The van der Waals surface area contributed by atoms with Crippen molar-refractivity contribution in [1.82, 2.24) is 14.1 Å². The van der Waals surface area contributed by atoms with E-state index in [0.29, 0.717) is 11.5 Å². The Morgan fingerprint density at radius 2 is 1.83 bits per heavy atom. The Balaban J connectivity index is 2.00. The summed E-state index contributed by atoms with van der Waals surface area (Å²) in [5.41, 5.74) is -0.432. The van der Waals surface area contributed by atoms with Gasteiger partial charge < -0.3 is 15.5 Å². The number of para-hydroxylation sites is 1. The molecule has 3 aromatic rings. The molecule has 0 aliphatic rings. The van der Waals surface area contributed by atoms with Crippen LogP contribution in [0.25, 0.3) is 11.0 Å². The minimum atomic E-state index is -0.547. The van der Waals surface area contributed by atoms with Crippen LogP contribution in [0.5, 0.6) is 0 Å². The van der Waals surface area contributed by atoms with E-state index < -0.39 is 23.0 Å². The number of benzene rings is 1. The third-order valence-electron chi connectivity index (χ3n) is 4.44. The predicted octanol–water partition coefficient (Wildman–Crippen LogP) is 0.888. The molecule has 29 heavy (non-hydrogen) atoms. The molecule has 10 heteroatoms. The predicted molar refractivity (Wildman–Crippen MR) is 110 cm³/mol. The largest absolute Gasteiger partial charge is 0.375 e. The third kappa shape index (κ3) is 3.82. The maximum absolute atomic E-state index is 13.7. The van der Waals surface area contributed by atoms with Gasteiger partial charge in [0.25, 0.3) is 5.56 Å². The number of aromatic nitrogens is 3. The highest BCUT2D eigenvalue weighted by atomic mass is 19.1. The first-order valence-electron chi connectivity index (χ1n) is 8.77. The lowest BCUT2D eigenvalue weighted by atomic mass is 10.2. The minimum Gasteiger partial charge on any atom is -0.375 e. The van der Waals surface area contributed by atoms with Gasteiger partial charge in [-0.05, 0) is 12.1 Å². The Morgan fingerprint density at radius 3 is 2.48 bits per heavy atom. The topological polar surface area (TPSA) is 101 Å². The second-order valence-electron chi connectivity index (χ2n) is 6.71. The van der Waals surface area contributed by atoms with Gasteiger partial charge >= 0.3 is 5.69 Å². The van der Waals surface area contributed by atoms with Crippen LogP contribution >= 0.6 is 0 Å². The van der Waals surface area contributed by atoms with Gasteiger partial charge in [-0.2, -0.15) is 0 Å². The van der Waals surface area contributed by atoms with Crippen LogP contribution in [0.2, 0.25) is 0 Å². The van der Waals surface area contributed by atoms with Gasteiger partial charge in [0.05, 0.1) is 17.9 Å². The molecule has 0 fully saturated rings. The molecule has 3 rings (SSSR count). The summed E-state index contributed by atoms with van der Waals surface area (Å²) in [7, 11) is 6.42. The number of hydrogen-bond acceptors (Lipinski definition) is 6. The number of aryl methyl sites for hydroxylation is 1. The van der Waals surface area contributed by atoms with Crippen molar-refractivity contribution in [3.63, 3.8) is 0 Å². The number of anilines is 3. The van der Waals surface area contributed by atoms with E-state index in [4.69, 9.17) is 0 Å². The monoisotopic (exact) mass is 400 g/mol. The van der Waals surface area contributed by atoms with Crippen LogP contribution in [0.15, 0.2) is 39.9 Å². The fourth-order valence-corrected chi connectivity index (χ4v) is 2.84. The van der Waals surface area contributed by atoms with Crippen LogP contribution in [0.4, 0.5) is 21.6 Å². The van der Waals surface area contributed by atoms with Crippen molar-refractivity contribution in [3.05, 3.63) is 57.0 Å². The summed E-state index contributed by atoms with van der Waals surface area (Å²) in [6.45, 7) is -0.216. The SMILES string of the molecule is CN(C)c1cc(NCC(=O)Nc2ccccc2F)c2c(=O)n(C)c(=O)n(C)c2n1. The van der Waals surface area contributed by atoms with Gasteiger partial charge in [0, 0.05) is 34.3 Å². The highest BCUT2D eigenvalue weighted by Gasteiger charge is 2.17. The van der Waals surface area contributed by atoms with Gasteiger partial charge in [-0.3, -0.25) is 18.7 Å². The Labute approximate surface area is 165 Å². The fourth-order valence-electron chi connectivity index (χ4n) is 2.84. The summed E-state index contributed by atoms with van der Waals surface area (Å²) in [4.78, 5) is 43.3. The highest BCUT2D eigenvalue weighted by Crippen LogP contribution is 2.23. The number of halogens is 1. The zero-order chi connectivity index (χ0) is 21.3. The highest BCUT2D eigenvalue weighted by molar-refractivity contribution is 5.96. The van der Waals surface area contributed by atoms with Gasteiger partial charge in [-0.15, -0.1) is 0 Å². The summed E-state index contributed by atoms with van der Waals surface area (Å²) in [6.07, 6.45) is 0. The van der Waals surface area contributed by atoms with Crippen LogP contribution in [-0.4, -0.2) is 40.7 Å². The first-order chi connectivity index (χ1) is 13.7. The molecule has 2 heterocycles. The molecule has 0 bridgehead atoms. The summed E-state index contributed by atoms with van der Waals surface area (Å²) in [5.74, 6) is -0.542. The number of rotatable bonds is 5. The van der Waals surface area contributed by atoms with Gasteiger partial charge in [-0.25, -0.2) is 14.2 Å². The van der Waals surface area contributed by atoms with Crippen molar-refractivity contribution < 1.29 is 9.18 Å². The van der Waals surface area contributed by atoms with Crippen molar-refractivity contribution in [2.24, 2.45) is 14.1 Å². The van der Waals surface area contributed by atoms with Crippen LogP contribution in [0, 0.1) is 5.82 Å². The van der Waals surface area contributed by atoms with E-state index in [0.717, 1.165) is 4.57 Å². The lowest BCUT2D eigenvalue weighted by molar-refractivity contribution is -0.114. The zero-order valence-electron chi connectivity index (χ0n) is 16.5. The number of nitrogens with zero attached hydrogens (tertiary/aromatic N) is 4. The maximum atomic E-state index is 13.7. The van der Waals surface area contributed by atoms with E-state index in [2.05, 4.69) is 15.6 Å². The molecule has 1 amide bonds. The number of pyridine rings is 1. The second-order valence-corrected chi connectivity index (χ2v) is 6.71. The number of nitrogens with one attached hydrogen (secondary N) is 2. The molecule has 0 saturated carbocycles. The number of carbonyl (C=O) groups excluding carboxylic acids is 1. The average molecular weight is 400 g/mol. The number of amides is 1. The molecule has 152 valence electrons. The van der Waals surface area contributed by atoms with Gasteiger partial charge in [0.15, 0.2) is 5.65 Å². The van der Waals surface area contributed by atoms with Crippen molar-refractivity contribution in [2.75, 3.05) is 36.2 Å². The molecular weight excluding hydrogens is 379 g/mol. The first-order valence-corrected chi connectivity index (χ1v) is 8.77. The molecule has 0 atom stereocenters. The molecule has 0 aliphatic carbocycles. The molecule has 9 nitrogen and oxygen atoms in total. The Hall–Kier alpha value is -3.69. The third-order valence-corrected chi connectivity index (χ3v) is 4.44. The Bertz CT molecular complexity index is 1220. The molecule has 0 saturated heterocycles. The number of hydrogen-bond donors (Lipinski definition) is 2. The summed E-state index contributed by atoms with van der Waals surface area (Å²) in [5, 5.41) is 5.56. The van der Waals surface area contributed by atoms with E-state index in [1.54, 1.807) is 31.1 Å². The normalized spacial score (nSPS) is 10.8. The van der Waals surface area contributed by atoms with E-state index in [9.17, 15) is 18.8 Å². The number of fused-ring (bicyclic) bond motifs is 1. The summed E-state index contributed by atoms with van der Waals surface area (Å²) >= 11 is 0. The molecule has 0 unspecified atom stereocenters. The molecule has 0 aliphatic heterocycles. The van der Waals surface area contributed by atoms with Crippen molar-refractivity contribution in [1.29, 1.82) is 0 Å². The van der Waals surface area contributed by atoms with Gasteiger partial charge in [-0.1, -0.05) is 12.1 Å². The smallest absolute Gasteiger partial charge is 0.332 e. The van der Waals surface area contributed by atoms with Crippen LogP contribution in [0.3, 0.4) is 0 Å². The Kier molecular flexibility index (Phi) is 5.35. The molecular formula is C19H21FN6O3. The van der Waals surface area contributed by atoms with E-state index in [1.807, 2.05) is 0 Å². The summed E-state index contributed by atoms with van der Waals surface area (Å²) < 4.78 is 16.0. The van der Waals surface area contributed by atoms with Crippen LogP contribution in [0.1, 0.15) is 0 Å². The van der Waals surface area contributed by atoms with Crippen LogP contribution < -0.4 is 26.8 Å². The van der Waals surface area contributed by atoms with Crippen molar-refractivity contribution in [3.8, 4) is 0 Å². The summed E-state index contributed by atoms with van der Waals surface area (Å²) in [6, 6.07) is 7.44. The molecule has 0 radical (unpaired) electrons.